The third kappa shape index (κ3) is 3.32. The molecule has 0 bridgehead atoms. The van der Waals surface area contributed by atoms with Crippen LogP contribution in [-0.4, -0.2) is 57.9 Å². The molecular weight excluding hydrogens is 314 g/mol. The first-order valence-electron chi connectivity index (χ1n) is 8.37. The lowest BCUT2D eigenvalue weighted by Crippen LogP contribution is -2.44. The van der Waals surface area contributed by atoms with Crippen molar-refractivity contribution in [3.8, 4) is 16.9 Å². The van der Waals surface area contributed by atoms with Gasteiger partial charge in [0.25, 0.3) is 0 Å². The highest BCUT2D eigenvalue weighted by Gasteiger charge is 2.17. The van der Waals surface area contributed by atoms with Crippen LogP contribution in [0.5, 0.6) is 0 Å². The second kappa shape index (κ2) is 6.52. The van der Waals surface area contributed by atoms with Gasteiger partial charge in [0.05, 0.1) is 11.4 Å². The van der Waals surface area contributed by atoms with Crippen molar-refractivity contribution in [1.29, 1.82) is 0 Å². The van der Waals surface area contributed by atoms with E-state index >= 15 is 0 Å². The lowest BCUT2D eigenvalue weighted by molar-refractivity contribution is 0.312. The predicted molar refractivity (Wildman–Crippen MR) is 98.7 cm³/mol. The van der Waals surface area contributed by atoms with Crippen LogP contribution in [-0.2, 0) is 0 Å². The van der Waals surface area contributed by atoms with Gasteiger partial charge in [0, 0.05) is 50.2 Å². The van der Waals surface area contributed by atoms with E-state index in [0.29, 0.717) is 5.95 Å². The quantitative estimate of drug-likeness (QED) is 0.784. The Labute approximate surface area is 146 Å². The van der Waals surface area contributed by atoms with E-state index in [4.69, 9.17) is 5.73 Å². The third-order valence-electron chi connectivity index (χ3n) is 4.49. The summed E-state index contributed by atoms with van der Waals surface area (Å²) in [7, 11) is 2.14. The van der Waals surface area contributed by atoms with E-state index in [0.717, 1.165) is 48.9 Å². The highest BCUT2D eigenvalue weighted by atomic mass is 15.3. The molecule has 0 unspecified atom stereocenters. The molecule has 1 aromatic carbocycles. The van der Waals surface area contributed by atoms with Crippen LogP contribution in [0.25, 0.3) is 16.9 Å². The van der Waals surface area contributed by atoms with Crippen molar-refractivity contribution in [2.75, 3.05) is 43.9 Å². The van der Waals surface area contributed by atoms with E-state index in [2.05, 4.69) is 31.9 Å². The number of aromatic nitrogens is 4. The van der Waals surface area contributed by atoms with Gasteiger partial charge in [-0.15, -0.1) is 0 Å². The summed E-state index contributed by atoms with van der Waals surface area (Å²) in [6.07, 6.45) is 3.69. The van der Waals surface area contributed by atoms with Crippen molar-refractivity contribution in [2.45, 2.75) is 0 Å². The molecule has 1 aliphatic heterocycles. The van der Waals surface area contributed by atoms with Gasteiger partial charge in [0.2, 0.25) is 5.95 Å². The Morgan fingerprint density at radius 1 is 1.00 bits per heavy atom. The van der Waals surface area contributed by atoms with Gasteiger partial charge < -0.3 is 15.5 Å². The topological polar surface area (TPSA) is 76.1 Å². The van der Waals surface area contributed by atoms with E-state index < -0.39 is 0 Å². The van der Waals surface area contributed by atoms with Crippen LogP contribution in [0.15, 0.2) is 48.8 Å². The average molecular weight is 335 g/mol. The molecule has 3 aromatic rings. The van der Waals surface area contributed by atoms with Gasteiger partial charge in [-0.25, -0.2) is 9.67 Å². The second-order valence-corrected chi connectivity index (χ2v) is 6.26. The number of hydrogen-bond acceptors (Lipinski definition) is 6. The molecule has 0 spiro atoms. The lowest BCUT2D eigenvalue weighted by Gasteiger charge is -2.33. The first kappa shape index (κ1) is 15.6. The Bertz CT molecular complexity index is 834. The zero-order chi connectivity index (χ0) is 17.2. The molecule has 128 valence electrons. The summed E-state index contributed by atoms with van der Waals surface area (Å²) in [5, 5.41) is 4.24. The number of nitrogen functional groups attached to an aromatic ring is 1. The van der Waals surface area contributed by atoms with E-state index in [9.17, 15) is 0 Å². The molecule has 25 heavy (non-hydrogen) atoms. The molecule has 3 heterocycles. The number of hydrogen-bond donors (Lipinski definition) is 1. The smallest absolute Gasteiger partial charge is 0.222 e. The molecule has 0 radical (unpaired) electrons. The number of anilines is 2. The van der Waals surface area contributed by atoms with Crippen LogP contribution < -0.4 is 10.6 Å². The van der Waals surface area contributed by atoms with Crippen molar-refractivity contribution in [3.63, 3.8) is 0 Å². The van der Waals surface area contributed by atoms with Crippen LogP contribution in [0.4, 0.5) is 11.8 Å². The average Bonchev–Trinajstić information content (AvgIpc) is 3.17. The molecule has 0 aliphatic carbocycles. The normalized spacial score (nSPS) is 15.5. The first-order chi connectivity index (χ1) is 12.2. The Balaban J connectivity index is 1.62. The minimum Gasteiger partial charge on any atom is -0.368 e. The Kier molecular flexibility index (Phi) is 4.07. The number of piperazine rings is 1. The van der Waals surface area contributed by atoms with Gasteiger partial charge in [-0.05, 0) is 25.2 Å². The molecule has 0 atom stereocenters. The fourth-order valence-corrected chi connectivity index (χ4v) is 3.00. The molecule has 0 saturated carbocycles. The minimum atomic E-state index is 0.308. The van der Waals surface area contributed by atoms with Crippen LogP contribution in [0.1, 0.15) is 0 Å². The number of nitrogens with zero attached hydrogens (tertiary/aromatic N) is 6. The maximum absolute atomic E-state index is 5.96. The largest absolute Gasteiger partial charge is 0.368 e. The van der Waals surface area contributed by atoms with Gasteiger partial charge >= 0.3 is 0 Å². The standard InChI is InChI=1S/C18H21N7/c1-23-9-11-24(12-10-23)17-13-16(21-18(19)22-17)14-3-5-15(6-4-14)25-8-2-7-20-25/h2-8,13H,9-12H2,1H3,(H2,19,21,22). The number of rotatable bonds is 3. The second-order valence-electron chi connectivity index (χ2n) is 6.26. The van der Waals surface area contributed by atoms with Crippen molar-refractivity contribution in [1.82, 2.24) is 24.6 Å². The highest BCUT2D eigenvalue weighted by Crippen LogP contribution is 2.24. The lowest BCUT2D eigenvalue weighted by atomic mass is 10.1. The maximum Gasteiger partial charge on any atom is 0.222 e. The number of benzene rings is 1. The van der Waals surface area contributed by atoms with Crippen LogP contribution in [0, 0.1) is 0 Å². The van der Waals surface area contributed by atoms with Crippen LogP contribution >= 0.6 is 0 Å². The Hall–Kier alpha value is -2.93. The zero-order valence-electron chi connectivity index (χ0n) is 14.2. The third-order valence-corrected chi connectivity index (χ3v) is 4.49. The molecular formula is C18H21N7. The van der Waals surface area contributed by atoms with Gasteiger partial charge in [0.1, 0.15) is 5.82 Å². The molecule has 2 N–H and O–H groups in total. The monoisotopic (exact) mass is 335 g/mol. The molecule has 7 nitrogen and oxygen atoms in total. The van der Waals surface area contributed by atoms with E-state index in [1.165, 1.54) is 0 Å². The molecule has 1 saturated heterocycles. The molecule has 1 fully saturated rings. The van der Waals surface area contributed by atoms with E-state index in [1.54, 1.807) is 6.20 Å². The maximum atomic E-state index is 5.96. The van der Waals surface area contributed by atoms with Crippen molar-refractivity contribution in [3.05, 3.63) is 48.8 Å². The van der Waals surface area contributed by atoms with Crippen molar-refractivity contribution >= 4 is 11.8 Å². The molecule has 1 aliphatic rings. The Morgan fingerprint density at radius 2 is 1.76 bits per heavy atom. The minimum absolute atomic E-state index is 0.308. The van der Waals surface area contributed by atoms with E-state index in [-0.39, 0.29) is 0 Å². The Morgan fingerprint density at radius 3 is 2.44 bits per heavy atom. The van der Waals surface area contributed by atoms with Gasteiger partial charge in [-0.1, -0.05) is 12.1 Å². The summed E-state index contributed by atoms with van der Waals surface area (Å²) in [6, 6.07) is 12.0. The summed E-state index contributed by atoms with van der Waals surface area (Å²) >= 11 is 0. The van der Waals surface area contributed by atoms with Gasteiger partial charge in [0.15, 0.2) is 0 Å². The van der Waals surface area contributed by atoms with E-state index in [1.807, 2.05) is 47.3 Å². The molecule has 2 aromatic heterocycles. The van der Waals surface area contributed by atoms with Crippen LogP contribution in [0.3, 0.4) is 0 Å². The molecule has 4 rings (SSSR count). The van der Waals surface area contributed by atoms with Crippen molar-refractivity contribution in [2.24, 2.45) is 0 Å². The molecule has 0 amide bonds. The summed E-state index contributed by atoms with van der Waals surface area (Å²) < 4.78 is 1.83. The summed E-state index contributed by atoms with van der Waals surface area (Å²) in [6.45, 7) is 3.95. The molecule has 7 heteroatoms. The number of nitrogens with two attached hydrogens (primary N) is 1. The fourth-order valence-electron chi connectivity index (χ4n) is 3.00. The predicted octanol–water partition coefficient (Wildman–Crippen LogP) is 1.66. The fraction of sp³-hybridized carbons (Fsp3) is 0.278. The van der Waals surface area contributed by atoms with Gasteiger partial charge in [-0.2, -0.15) is 10.1 Å². The van der Waals surface area contributed by atoms with Crippen LogP contribution in [0.2, 0.25) is 0 Å². The summed E-state index contributed by atoms with van der Waals surface area (Å²) in [5.41, 5.74) is 8.83. The van der Waals surface area contributed by atoms with Gasteiger partial charge in [-0.3, -0.25) is 0 Å². The highest BCUT2D eigenvalue weighted by molar-refractivity contribution is 5.65. The SMILES string of the molecule is CN1CCN(c2cc(-c3ccc(-n4cccn4)cc3)nc(N)n2)CC1. The zero-order valence-corrected chi connectivity index (χ0v) is 14.2. The number of likely N-dealkylation sites (N-methyl/N-ethyl adjacent to an activating group) is 1. The van der Waals surface area contributed by atoms with Crippen molar-refractivity contribution < 1.29 is 0 Å². The first-order valence-corrected chi connectivity index (χ1v) is 8.37. The summed E-state index contributed by atoms with van der Waals surface area (Å²) in [4.78, 5) is 13.4. The summed E-state index contributed by atoms with van der Waals surface area (Å²) in [5.74, 6) is 1.20.